The van der Waals surface area contributed by atoms with Crippen molar-refractivity contribution < 1.29 is 4.84 Å². The highest BCUT2D eigenvalue weighted by Gasteiger charge is 2.39. The van der Waals surface area contributed by atoms with E-state index in [1.807, 2.05) is 12.2 Å². The lowest BCUT2D eigenvalue weighted by molar-refractivity contribution is 0.0497. The summed E-state index contributed by atoms with van der Waals surface area (Å²) < 4.78 is 0. The highest BCUT2D eigenvalue weighted by Crippen LogP contribution is 2.36. The van der Waals surface area contributed by atoms with E-state index in [4.69, 9.17) is 4.84 Å². The topological polar surface area (TPSA) is 33.3 Å². The van der Waals surface area contributed by atoms with Crippen LogP contribution in [0, 0.1) is 0 Å². The molecule has 0 saturated heterocycles. The van der Waals surface area contributed by atoms with E-state index in [9.17, 15) is 0 Å². The molecule has 4 rings (SSSR count). The van der Waals surface area contributed by atoms with Crippen LogP contribution in [-0.4, -0.2) is 5.66 Å². The molecular formula is C15H14N2O. The third kappa shape index (κ3) is 1.41. The van der Waals surface area contributed by atoms with E-state index < -0.39 is 0 Å². The Bertz CT molecular complexity index is 573. The first-order chi connectivity index (χ1) is 8.85. The predicted molar refractivity (Wildman–Crippen MR) is 70.6 cm³/mol. The van der Waals surface area contributed by atoms with Crippen LogP contribution in [0.25, 0.3) is 0 Å². The van der Waals surface area contributed by atoms with Gasteiger partial charge in [0.05, 0.1) is 0 Å². The largest absolute Gasteiger partial charge is 0.406 e. The van der Waals surface area contributed by atoms with Gasteiger partial charge in [0.15, 0.2) is 5.76 Å². The van der Waals surface area contributed by atoms with Crippen molar-refractivity contribution in [2.45, 2.75) is 18.5 Å². The highest BCUT2D eigenvalue weighted by atomic mass is 16.7. The molecule has 0 fully saturated rings. The van der Waals surface area contributed by atoms with E-state index in [2.05, 4.69) is 47.2 Å². The molecule has 90 valence electrons. The van der Waals surface area contributed by atoms with Gasteiger partial charge in [-0.25, -0.2) is 0 Å². The van der Waals surface area contributed by atoms with Crippen molar-refractivity contribution in [3.63, 3.8) is 0 Å². The van der Waals surface area contributed by atoms with Gasteiger partial charge in [-0.1, -0.05) is 30.4 Å². The van der Waals surface area contributed by atoms with Crippen molar-refractivity contribution in [3.8, 4) is 0 Å². The van der Waals surface area contributed by atoms with Crippen molar-refractivity contribution >= 4 is 5.69 Å². The number of rotatable bonds is 0. The van der Waals surface area contributed by atoms with E-state index in [1.165, 1.54) is 16.8 Å². The van der Waals surface area contributed by atoms with E-state index in [0.717, 1.165) is 18.6 Å². The minimum absolute atomic E-state index is 0.290. The summed E-state index contributed by atoms with van der Waals surface area (Å²) in [6.07, 6.45) is 10.3. The second-order valence-corrected chi connectivity index (χ2v) is 4.97. The monoisotopic (exact) mass is 238 g/mol. The van der Waals surface area contributed by atoms with Crippen molar-refractivity contribution in [1.29, 1.82) is 0 Å². The number of hydroxylamine groups is 1. The normalized spacial score (nSPS) is 27.8. The van der Waals surface area contributed by atoms with E-state index in [-0.39, 0.29) is 5.66 Å². The Balaban J connectivity index is 1.73. The second-order valence-electron chi connectivity index (χ2n) is 4.97. The first-order valence-electron chi connectivity index (χ1n) is 6.24. The van der Waals surface area contributed by atoms with Crippen molar-refractivity contribution in [2.24, 2.45) is 0 Å². The van der Waals surface area contributed by atoms with Crippen LogP contribution in [0.4, 0.5) is 5.69 Å². The van der Waals surface area contributed by atoms with Crippen LogP contribution in [0.3, 0.4) is 0 Å². The van der Waals surface area contributed by atoms with Gasteiger partial charge in [-0.05, 0) is 30.2 Å². The molecule has 1 unspecified atom stereocenters. The Morgan fingerprint density at radius 3 is 3.11 bits per heavy atom. The zero-order chi connectivity index (χ0) is 12.0. The Kier molecular flexibility index (Phi) is 1.94. The first-order valence-corrected chi connectivity index (χ1v) is 6.24. The fraction of sp³-hybridized carbons (Fsp3) is 0.200. The number of nitrogens with one attached hydrogen (secondary N) is 2. The summed E-state index contributed by atoms with van der Waals surface area (Å²) in [6.45, 7) is 0. The number of benzene rings is 1. The lowest BCUT2D eigenvalue weighted by atomic mass is 9.96. The van der Waals surface area contributed by atoms with Crippen LogP contribution in [-0.2, 0) is 11.3 Å². The average Bonchev–Trinajstić information content (AvgIpc) is 2.76. The summed E-state index contributed by atoms with van der Waals surface area (Å²) in [5.74, 6) is 0.931. The molecule has 1 atom stereocenters. The number of hydrogen-bond acceptors (Lipinski definition) is 3. The fourth-order valence-electron chi connectivity index (χ4n) is 2.79. The van der Waals surface area contributed by atoms with Gasteiger partial charge in [-0.3, -0.25) is 0 Å². The van der Waals surface area contributed by atoms with Crippen molar-refractivity contribution in [2.75, 3.05) is 5.32 Å². The Morgan fingerprint density at radius 2 is 2.17 bits per heavy atom. The molecule has 0 amide bonds. The van der Waals surface area contributed by atoms with Crippen LogP contribution < -0.4 is 10.8 Å². The minimum atomic E-state index is -0.290. The molecule has 0 saturated carbocycles. The van der Waals surface area contributed by atoms with Crippen LogP contribution in [0.2, 0.25) is 0 Å². The molecule has 3 nitrogen and oxygen atoms in total. The molecule has 1 spiro atoms. The number of anilines is 1. The molecule has 0 radical (unpaired) electrons. The van der Waals surface area contributed by atoms with Gasteiger partial charge >= 0.3 is 0 Å². The van der Waals surface area contributed by atoms with Crippen LogP contribution >= 0.6 is 0 Å². The summed E-state index contributed by atoms with van der Waals surface area (Å²) in [6, 6.07) is 8.39. The summed E-state index contributed by atoms with van der Waals surface area (Å²) in [5, 5.41) is 3.52. The third-order valence-corrected chi connectivity index (χ3v) is 3.65. The molecule has 0 bridgehead atoms. The van der Waals surface area contributed by atoms with Gasteiger partial charge in [-0.15, -0.1) is 5.48 Å². The van der Waals surface area contributed by atoms with E-state index in [1.54, 1.807) is 0 Å². The molecule has 2 N–H and O–H groups in total. The van der Waals surface area contributed by atoms with Gasteiger partial charge in [0.1, 0.15) is 5.66 Å². The number of para-hydroxylation sites is 1. The standard InChI is InChI=1S/C15H14N2O/c1-3-7-13-11(5-1)9-15(16-13)10-12-6-2-4-8-14(12)18-17-15/h1-5,7-8,10,16-17H,6,9H2. The van der Waals surface area contributed by atoms with Crippen LogP contribution in [0.5, 0.6) is 0 Å². The van der Waals surface area contributed by atoms with Gasteiger partial charge in [-0.2, -0.15) is 0 Å². The van der Waals surface area contributed by atoms with Gasteiger partial charge < -0.3 is 10.2 Å². The molecular weight excluding hydrogens is 224 g/mol. The Labute approximate surface area is 106 Å². The smallest absolute Gasteiger partial charge is 0.150 e. The van der Waals surface area contributed by atoms with Crippen LogP contribution in [0.15, 0.2) is 59.9 Å². The molecule has 2 aliphatic heterocycles. The minimum Gasteiger partial charge on any atom is -0.406 e. The molecule has 2 heterocycles. The van der Waals surface area contributed by atoms with Gasteiger partial charge in [0, 0.05) is 17.7 Å². The quantitative estimate of drug-likeness (QED) is 0.729. The second kappa shape index (κ2) is 3.50. The van der Waals surface area contributed by atoms with E-state index >= 15 is 0 Å². The molecule has 3 aliphatic rings. The summed E-state index contributed by atoms with van der Waals surface area (Å²) >= 11 is 0. The maximum Gasteiger partial charge on any atom is 0.150 e. The summed E-state index contributed by atoms with van der Waals surface area (Å²) in [7, 11) is 0. The molecule has 1 aromatic carbocycles. The number of hydrogen-bond donors (Lipinski definition) is 2. The first kappa shape index (κ1) is 9.97. The Morgan fingerprint density at radius 1 is 1.22 bits per heavy atom. The average molecular weight is 238 g/mol. The SMILES string of the molecule is C1=CCC2=CC3(Cc4ccccc4N3)NOC2=C1. The van der Waals surface area contributed by atoms with Crippen molar-refractivity contribution in [1.82, 2.24) is 5.48 Å². The maximum atomic E-state index is 5.68. The molecule has 0 aromatic heterocycles. The zero-order valence-electron chi connectivity index (χ0n) is 9.94. The van der Waals surface area contributed by atoms with E-state index in [0.29, 0.717) is 0 Å². The van der Waals surface area contributed by atoms with Gasteiger partial charge in [0.2, 0.25) is 0 Å². The predicted octanol–water partition coefficient (Wildman–Crippen LogP) is 2.66. The molecule has 3 heteroatoms. The zero-order valence-corrected chi connectivity index (χ0v) is 9.94. The summed E-state index contributed by atoms with van der Waals surface area (Å²) in [4.78, 5) is 5.68. The fourth-order valence-corrected chi connectivity index (χ4v) is 2.79. The number of allylic oxidation sites excluding steroid dienone is 4. The highest BCUT2D eigenvalue weighted by molar-refractivity contribution is 5.61. The molecule has 18 heavy (non-hydrogen) atoms. The lowest BCUT2D eigenvalue weighted by Crippen LogP contribution is -2.51. The van der Waals surface area contributed by atoms with Crippen molar-refractivity contribution in [3.05, 3.63) is 65.5 Å². The lowest BCUT2D eigenvalue weighted by Gasteiger charge is -2.34. The molecule has 1 aromatic rings. The number of fused-ring (bicyclic) bond motifs is 2. The third-order valence-electron chi connectivity index (χ3n) is 3.65. The van der Waals surface area contributed by atoms with Gasteiger partial charge in [0.25, 0.3) is 0 Å². The molecule has 1 aliphatic carbocycles. The summed E-state index contributed by atoms with van der Waals surface area (Å²) in [5.41, 5.74) is 6.62. The maximum absolute atomic E-state index is 5.68. The van der Waals surface area contributed by atoms with Crippen LogP contribution in [0.1, 0.15) is 12.0 Å². The Hall–Kier alpha value is -2.00.